The van der Waals surface area contributed by atoms with Crippen molar-refractivity contribution in [2.45, 2.75) is 59.6 Å². The van der Waals surface area contributed by atoms with E-state index in [1.165, 1.54) is 0 Å². The number of hydrogen-bond acceptors (Lipinski definition) is 4. The molecular formula is C13H32N4Si2. The lowest BCUT2D eigenvalue weighted by Crippen LogP contribution is -2.41. The molecule has 0 aliphatic rings. The predicted molar refractivity (Wildman–Crippen MR) is 93.1 cm³/mol. The van der Waals surface area contributed by atoms with Crippen molar-refractivity contribution in [1.82, 2.24) is 9.35 Å². The summed E-state index contributed by atoms with van der Waals surface area (Å²) >= 11 is 0. The van der Waals surface area contributed by atoms with Gasteiger partial charge in [0.15, 0.2) is 16.5 Å². The zero-order valence-electron chi connectivity index (χ0n) is 14.5. The van der Waals surface area contributed by atoms with Gasteiger partial charge in [0.25, 0.3) is 0 Å². The minimum Gasteiger partial charge on any atom is -0.327 e. The molecule has 19 heavy (non-hydrogen) atoms. The Labute approximate surface area is 121 Å². The van der Waals surface area contributed by atoms with Gasteiger partial charge in [-0.15, -0.1) is 0 Å². The van der Waals surface area contributed by atoms with Crippen LogP contribution in [0.15, 0.2) is 10.2 Å². The van der Waals surface area contributed by atoms with E-state index in [9.17, 15) is 0 Å². The lowest BCUT2D eigenvalue weighted by molar-refractivity contribution is 0.542. The lowest BCUT2D eigenvalue weighted by Gasteiger charge is -2.29. The highest BCUT2D eigenvalue weighted by molar-refractivity contribution is 6.73. The van der Waals surface area contributed by atoms with Crippen LogP contribution in [-0.2, 0) is 0 Å². The van der Waals surface area contributed by atoms with E-state index in [-0.39, 0.29) is 0 Å². The molecule has 0 amide bonds. The first-order valence-electron chi connectivity index (χ1n) is 7.00. The van der Waals surface area contributed by atoms with Crippen LogP contribution in [0.4, 0.5) is 0 Å². The monoisotopic (exact) mass is 300 g/mol. The molecule has 0 aromatic heterocycles. The van der Waals surface area contributed by atoms with Crippen LogP contribution >= 0.6 is 0 Å². The Morgan fingerprint density at radius 1 is 0.842 bits per heavy atom. The van der Waals surface area contributed by atoms with Gasteiger partial charge in [-0.25, -0.2) is 0 Å². The smallest absolute Gasteiger partial charge is 0.168 e. The van der Waals surface area contributed by atoms with Crippen molar-refractivity contribution in [3.05, 3.63) is 0 Å². The molecule has 0 saturated heterocycles. The standard InChI is InChI=1S/C13H32N4Si2/c1-11-13(15-17(4)19(8,9)10)12(2)14-16(3)18(5,6)7/h11H2,1-10H3. The molecule has 0 aromatic rings. The van der Waals surface area contributed by atoms with Gasteiger partial charge in [-0.05, 0) is 13.3 Å². The SMILES string of the molecule is CCC(=NN(C)[Si](C)(C)C)C(C)=NN(C)[Si](C)(C)C. The van der Waals surface area contributed by atoms with Crippen molar-refractivity contribution in [2.75, 3.05) is 14.1 Å². The molecule has 0 heterocycles. The van der Waals surface area contributed by atoms with Gasteiger partial charge in [-0.2, -0.15) is 10.2 Å². The van der Waals surface area contributed by atoms with Crippen LogP contribution in [0.3, 0.4) is 0 Å². The Kier molecular flexibility index (Phi) is 6.48. The van der Waals surface area contributed by atoms with E-state index in [0.29, 0.717) is 0 Å². The molecule has 4 nitrogen and oxygen atoms in total. The largest absolute Gasteiger partial charge is 0.327 e. The molecule has 0 atom stereocenters. The Balaban J connectivity index is 5.17. The van der Waals surface area contributed by atoms with Crippen molar-refractivity contribution >= 4 is 27.9 Å². The minimum absolute atomic E-state index is 0.920. The summed E-state index contributed by atoms with van der Waals surface area (Å²) in [5, 5.41) is 9.50. The van der Waals surface area contributed by atoms with E-state index in [1.807, 2.05) is 0 Å². The second-order valence-corrected chi connectivity index (χ2v) is 17.0. The summed E-state index contributed by atoms with van der Waals surface area (Å²) in [6, 6.07) is 0. The minimum atomic E-state index is -1.38. The molecule has 0 radical (unpaired) electrons. The average Bonchev–Trinajstić information content (AvgIpc) is 2.22. The number of hydrazone groups is 2. The molecule has 0 bridgehead atoms. The molecule has 0 aliphatic heterocycles. The van der Waals surface area contributed by atoms with Crippen molar-refractivity contribution in [3.8, 4) is 0 Å². The summed E-state index contributed by atoms with van der Waals surface area (Å²) in [5.41, 5.74) is 2.13. The maximum absolute atomic E-state index is 4.77. The van der Waals surface area contributed by atoms with Crippen LogP contribution in [0.1, 0.15) is 20.3 Å². The first-order chi connectivity index (χ1) is 8.39. The summed E-state index contributed by atoms with van der Waals surface area (Å²) in [7, 11) is 1.41. The maximum Gasteiger partial charge on any atom is 0.168 e. The molecule has 0 unspecified atom stereocenters. The van der Waals surface area contributed by atoms with Crippen molar-refractivity contribution < 1.29 is 0 Å². The molecule has 0 rings (SSSR count). The van der Waals surface area contributed by atoms with Crippen molar-refractivity contribution in [1.29, 1.82) is 0 Å². The molecule has 0 aliphatic carbocycles. The van der Waals surface area contributed by atoms with E-state index in [4.69, 9.17) is 10.2 Å². The third kappa shape index (κ3) is 6.38. The highest BCUT2D eigenvalue weighted by Crippen LogP contribution is 2.10. The van der Waals surface area contributed by atoms with Crippen molar-refractivity contribution in [3.63, 3.8) is 0 Å². The first-order valence-corrected chi connectivity index (χ1v) is 13.9. The van der Waals surface area contributed by atoms with Crippen LogP contribution < -0.4 is 0 Å². The van der Waals surface area contributed by atoms with Crippen LogP contribution in [-0.4, -0.2) is 51.3 Å². The van der Waals surface area contributed by atoms with Gasteiger partial charge >= 0.3 is 0 Å². The highest BCUT2D eigenvalue weighted by atomic mass is 28.3. The van der Waals surface area contributed by atoms with Gasteiger partial charge in [-0.1, -0.05) is 46.2 Å². The lowest BCUT2D eigenvalue weighted by atomic mass is 10.2. The molecule has 0 N–H and O–H groups in total. The fraction of sp³-hybridized carbons (Fsp3) is 0.846. The second kappa shape index (κ2) is 6.70. The summed E-state index contributed by atoms with van der Waals surface area (Å²) in [6.07, 6.45) is 0.920. The van der Waals surface area contributed by atoms with E-state index in [2.05, 4.69) is 76.6 Å². The van der Waals surface area contributed by atoms with Gasteiger partial charge in [0.05, 0.1) is 11.4 Å². The second-order valence-electron chi connectivity index (χ2n) is 6.97. The number of rotatable bonds is 6. The zero-order valence-corrected chi connectivity index (χ0v) is 16.5. The first kappa shape index (κ1) is 18.4. The summed E-state index contributed by atoms with van der Waals surface area (Å²) in [6.45, 7) is 18.0. The van der Waals surface area contributed by atoms with E-state index in [1.54, 1.807) is 0 Å². The average molecular weight is 301 g/mol. The molecule has 112 valence electrons. The topological polar surface area (TPSA) is 31.2 Å². The van der Waals surface area contributed by atoms with Gasteiger partial charge in [0, 0.05) is 14.1 Å². The quantitative estimate of drug-likeness (QED) is 0.426. The fourth-order valence-corrected chi connectivity index (χ4v) is 2.03. The van der Waals surface area contributed by atoms with Crippen LogP contribution in [0.5, 0.6) is 0 Å². The normalized spacial score (nSPS) is 14.6. The highest BCUT2D eigenvalue weighted by Gasteiger charge is 2.21. The van der Waals surface area contributed by atoms with Crippen molar-refractivity contribution in [2.24, 2.45) is 10.2 Å². The third-order valence-electron chi connectivity index (χ3n) is 3.26. The van der Waals surface area contributed by atoms with E-state index < -0.39 is 16.5 Å². The van der Waals surface area contributed by atoms with Gasteiger partial charge in [0.1, 0.15) is 0 Å². The molecule has 0 saturated carbocycles. The predicted octanol–water partition coefficient (Wildman–Crippen LogP) is 3.66. The molecule has 0 fully saturated rings. The van der Waals surface area contributed by atoms with E-state index >= 15 is 0 Å². The molecule has 6 heteroatoms. The zero-order chi connectivity index (χ0) is 15.4. The number of nitrogens with zero attached hydrogens (tertiary/aromatic N) is 4. The Morgan fingerprint density at radius 3 is 1.53 bits per heavy atom. The fourth-order valence-electron chi connectivity index (χ4n) is 1.16. The van der Waals surface area contributed by atoms with Crippen LogP contribution in [0.25, 0.3) is 0 Å². The summed E-state index contributed by atoms with van der Waals surface area (Å²) in [4.78, 5) is 0. The Morgan fingerprint density at radius 2 is 1.21 bits per heavy atom. The summed E-state index contributed by atoms with van der Waals surface area (Å²) in [5.74, 6) is 0. The molecule has 0 aromatic carbocycles. The van der Waals surface area contributed by atoms with E-state index in [0.717, 1.165) is 17.8 Å². The van der Waals surface area contributed by atoms with Crippen LogP contribution in [0.2, 0.25) is 39.3 Å². The van der Waals surface area contributed by atoms with Gasteiger partial charge < -0.3 is 9.35 Å². The van der Waals surface area contributed by atoms with Crippen LogP contribution in [0, 0.1) is 0 Å². The Bertz CT molecular complexity index is 351. The summed E-state index contributed by atoms with van der Waals surface area (Å²) < 4.78 is 4.29. The molecule has 0 spiro atoms. The van der Waals surface area contributed by atoms with Gasteiger partial charge in [0.2, 0.25) is 0 Å². The number of hydrogen-bond donors (Lipinski definition) is 0. The molecular weight excluding hydrogens is 268 g/mol. The third-order valence-corrected chi connectivity index (χ3v) is 7.35. The van der Waals surface area contributed by atoms with Gasteiger partial charge in [-0.3, -0.25) is 0 Å². The Hall–Kier alpha value is -0.626. The maximum atomic E-state index is 4.77.